The van der Waals surface area contributed by atoms with E-state index in [0.29, 0.717) is 43.4 Å². The minimum Gasteiger partial charge on any atom is -0.353 e. The van der Waals surface area contributed by atoms with E-state index in [9.17, 15) is 9.59 Å². The zero-order valence-electron chi connectivity index (χ0n) is 14.4. The molecule has 2 N–H and O–H groups in total. The van der Waals surface area contributed by atoms with Crippen molar-refractivity contribution in [1.29, 1.82) is 0 Å². The van der Waals surface area contributed by atoms with Gasteiger partial charge in [0.15, 0.2) is 0 Å². The number of carbonyl (C=O) groups is 2. The highest BCUT2D eigenvalue weighted by atomic mass is 35.5. The lowest BCUT2D eigenvalue weighted by molar-refractivity contribution is -0.123. The van der Waals surface area contributed by atoms with E-state index in [4.69, 9.17) is 11.6 Å². The number of nitrogens with zero attached hydrogens (tertiary/aromatic N) is 2. The molecular formula is C17H25ClN4O2. The monoisotopic (exact) mass is 352 g/mol. The van der Waals surface area contributed by atoms with E-state index in [-0.39, 0.29) is 18.0 Å². The molecule has 0 aliphatic carbocycles. The van der Waals surface area contributed by atoms with Crippen LogP contribution >= 0.6 is 11.6 Å². The second-order valence-corrected chi connectivity index (χ2v) is 6.79. The summed E-state index contributed by atoms with van der Waals surface area (Å²) in [5, 5.41) is 6.38. The maximum absolute atomic E-state index is 12.3. The van der Waals surface area contributed by atoms with Crippen molar-refractivity contribution < 1.29 is 9.59 Å². The van der Waals surface area contributed by atoms with E-state index < -0.39 is 0 Å². The number of piperazine rings is 1. The Kier molecular flexibility index (Phi) is 6.45. The molecule has 6 nitrogen and oxygen atoms in total. The minimum absolute atomic E-state index is 0.0252. The van der Waals surface area contributed by atoms with E-state index >= 15 is 0 Å². The summed E-state index contributed by atoms with van der Waals surface area (Å²) in [5.41, 5.74) is 1.66. The van der Waals surface area contributed by atoms with Gasteiger partial charge < -0.3 is 15.5 Å². The SMILES string of the molecule is Cc1ccc(NC(=O)N2CCN(CC(=O)NC(C)C)CC2)cc1Cl. The van der Waals surface area contributed by atoms with Gasteiger partial charge in [0, 0.05) is 42.9 Å². The van der Waals surface area contributed by atoms with Crippen LogP contribution in [0.1, 0.15) is 19.4 Å². The maximum Gasteiger partial charge on any atom is 0.321 e. The summed E-state index contributed by atoms with van der Waals surface area (Å²) in [6.07, 6.45) is 0. The first-order chi connectivity index (χ1) is 11.3. The largest absolute Gasteiger partial charge is 0.353 e. The van der Waals surface area contributed by atoms with Crippen molar-refractivity contribution in [3.05, 3.63) is 28.8 Å². The van der Waals surface area contributed by atoms with Gasteiger partial charge in [0.1, 0.15) is 0 Å². The summed E-state index contributed by atoms with van der Waals surface area (Å²) in [7, 11) is 0. The fraction of sp³-hybridized carbons (Fsp3) is 0.529. The lowest BCUT2D eigenvalue weighted by Crippen LogP contribution is -2.52. The molecular weight excluding hydrogens is 328 g/mol. The third-order valence-corrected chi connectivity index (χ3v) is 4.31. The second-order valence-electron chi connectivity index (χ2n) is 6.38. The molecule has 1 aromatic rings. The normalized spacial score (nSPS) is 15.5. The molecule has 0 atom stereocenters. The number of hydrogen-bond acceptors (Lipinski definition) is 3. The summed E-state index contributed by atoms with van der Waals surface area (Å²) in [5.74, 6) is 0.0252. The van der Waals surface area contributed by atoms with Crippen LogP contribution < -0.4 is 10.6 Å². The fourth-order valence-electron chi connectivity index (χ4n) is 2.55. The number of anilines is 1. The van der Waals surface area contributed by atoms with Gasteiger partial charge in [0.05, 0.1) is 6.54 Å². The molecule has 0 bridgehead atoms. The Labute approximate surface area is 148 Å². The number of urea groups is 1. The van der Waals surface area contributed by atoms with Crippen LogP contribution in [0.5, 0.6) is 0 Å². The van der Waals surface area contributed by atoms with Gasteiger partial charge in [-0.1, -0.05) is 17.7 Å². The van der Waals surface area contributed by atoms with Crippen LogP contribution in [0.3, 0.4) is 0 Å². The number of nitrogens with one attached hydrogen (secondary N) is 2. The first-order valence-electron chi connectivity index (χ1n) is 8.19. The molecule has 7 heteroatoms. The molecule has 0 unspecified atom stereocenters. The van der Waals surface area contributed by atoms with Crippen LogP contribution in [0.4, 0.5) is 10.5 Å². The third-order valence-electron chi connectivity index (χ3n) is 3.90. The summed E-state index contributed by atoms with van der Waals surface area (Å²) in [6.45, 7) is 8.75. The fourth-order valence-corrected chi connectivity index (χ4v) is 2.73. The molecule has 24 heavy (non-hydrogen) atoms. The van der Waals surface area contributed by atoms with Crippen molar-refractivity contribution in [2.75, 3.05) is 38.0 Å². The molecule has 132 valence electrons. The number of benzene rings is 1. The standard InChI is InChI=1S/C17H25ClN4O2/c1-12(2)19-16(23)11-21-6-8-22(9-7-21)17(24)20-14-5-4-13(3)15(18)10-14/h4-5,10,12H,6-9,11H2,1-3H3,(H,19,23)(H,20,24). The van der Waals surface area contributed by atoms with Gasteiger partial charge in [0.2, 0.25) is 5.91 Å². The van der Waals surface area contributed by atoms with Gasteiger partial charge in [-0.05, 0) is 38.5 Å². The molecule has 1 heterocycles. The van der Waals surface area contributed by atoms with Crippen LogP contribution in [-0.2, 0) is 4.79 Å². The lowest BCUT2D eigenvalue weighted by Gasteiger charge is -2.34. The van der Waals surface area contributed by atoms with E-state index in [1.807, 2.05) is 32.9 Å². The molecule has 0 aromatic heterocycles. The molecule has 1 aromatic carbocycles. The zero-order valence-corrected chi connectivity index (χ0v) is 15.2. The minimum atomic E-state index is -0.138. The van der Waals surface area contributed by atoms with Crippen molar-refractivity contribution >= 4 is 29.2 Å². The number of hydrogen-bond donors (Lipinski definition) is 2. The molecule has 1 fully saturated rings. The first-order valence-corrected chi connectivity index (χ1v) is 8.56. The van der Waals surface area contributed by atoms with E-state index in [1.54, 1.807) is 11.0 Å². The Morgan fingerprint density at radius 2 is 1.88 bits per heavy atom. The van der Waals surface area contributed by atoms with Crippen molar-refractivity contribution in [2.45, 2.75) is 26.8 Å². The van der Waals surface area contributed by atoms with Gasteiger partial charge in [-0.2, -0.15) is 0 Å². The zero-order chi connectivity index (χ0) is 17.7. The Balaban J connectivity index is 1.80. The summed E-state index contributed by atoms with van der Waals surface area (Å²) >= 11 is 6.08. The number of rotatable bonds is 4. The summed E-state index contributed by atoms with van der Waals surface area (Å²) < 4.78 is 0. The Hall–Kier alpha value is -1.79. The molecule has 1 aliphatic rings. The van der Waals surface area contributed by atoms with Crippen LogP contribution in [0.2, 0.25) is 5.02 Å². The van der Waals surface area contributed by atoms with Crippen LogP contribution in [-0.4, -0.2) is 60.5 Å². The Bertz CT molecular complexity index is 598. The molecule has 0 radical (unpaired) electrons. The highest BCUT2D eigenvalue weighted by Crippen LogP contribution is 2.20. The molecule has 0 saturated carbocycles. The average Bonchev–Trinajstić information content (AvgIpc) is 2.50. The topological polar surface area (TPSA) is 64.7 Å². The maximum atomic E-state index is 12.3. The van der Waals surface area contributed by atoms with Crippen molar-refractivity contribution in [3.8, 4) is 0 Å². The van der Waals surface area contributed by atoms with Gasteiger partial charge in [-0.25, -0.2) is 4.79 Å². The Morgan fingerprint density at radius 1 is 1.21 bits per heavy atom. The number of halogens is 1. The Morgan fingerprint density at radius 3 is 2.46 bits per heavy atom. The average molecular weight is 353 g/mol. The summed E-state index contributed by atoms with van der Waals surface area (Å²) in [6, 6.07) is 5.47. The highest BCUT2D eigenvalue weighted by molar-refractivity contribution is 6.31. The molecule has 2 rings (SSSR count). The van der Waals surface area contributed by atoms with E-state index in [2.05, 4.69) is 15.5 Å². The smallest absolute Gasteiger partial charge is 0.321 e. The van der Waals surface area contributed by atoms with E-state index in [1.165, 1.54) is 0 Å². The number of amides is 3. The predicted octanol–water partition coefficient (Wildman–Crippen LogP) is 2.32. The van der Waals surface area contributed by atoms with Crippen LogP contribution in [0.25, 0.3) is 0 Å². The highest BCUT2D eigenvalue weighted by Gasteiger charge is 2.22. The van der Waals surface area contributed by atoms with Crippen LogP contribution in [0.15, 0.2) is 18.2 Å². The second kappa shape index (κ2) is 8.35. The van der Waals surface area contributed by atoms with Gasteiger partial charge in [0.25, 0.3) is 0 Å². The lowest BCUT2D eigenvalue weighted by atomic mass is 10.2. The molecule has 0 spiro atoms. The van der Waals surface area contributed by atoms with Crippen molar-refractivity contribution in [2.24, 2.45) is 0 Å². The quantitative estimate of drug-likeness (QED) is 0.874. The van der Waals surface area contributed by atoms with Gasteiger partial charge in [-0.3, -0.25) is 9.69 Å². The molecule has 1 aliphatic heterocycles. The van der Waals surface area contributed by atoms with Gasteiger partial charge in [-0.15, -0.1) is 0 Å². The predicted molar refractivity (Wildman–Crippen MR) is 96.5 cm³/mol. The number of aryl methyl sites for hydroxylation is 1. The summed E-state index contributed by atoms with van der Waals surface area (Å²) in [4.78, 5) is 27.9. The van der Waals surface area contributed by atoms with Crippen molar-refractivity contribution in [3.63, 3.8) is 0 Å². The number of carbonyl (C=O) groups excluding carboxylic acids is 2. The van der Waals surface area contributed by atoms with Crippen molar-refractivity contribution in [1.82, 2.24) is 15.1 Å². The molecule has 3 amide bonds. The van der Waals surface area contributed by atoms with Crippen LogP contribution in [0, 0.1) is 6.92 Å². The van der Waals surface area contributed by atoms with Gasteiger partial charge >= 0.3 is 6.03 Å². The van der Waals surface area contributed by atoms with E-state index in [0.717, 1.165) is 5.56 Å². The molecule has 1 saturated heterocycles. The first kappa shape index (κ1) is 18.5. The third kappa shape index (κ3) is 5.39.